The summed E-state index contributed by atoms with van der Waals surface area (Å²) in [5.74, 6) is -2.55. The van der Waals surface area contributed by atoms with Gasteiger partial charge in [0.15, 0.2) is 11.7 Å². The molecule has 3 aromatic rings. The van der Waals surface area contributed by atoms with Crippen molar-refractivity contribution in [2.24, 2.45) is 0 Å². The van der Waals surface area contributed by atoms with E-state index in [0.29, 0.717) is 5.56 Å². The van der Waals surface area contributed by atoms with Crippen molar-refractivity contribution in [1.29, 1.82) is 0 Å². The van der Waals surface area contributed by atoms with E-state index < -0.39 is 48.9 Å². The van der Waals surface area contributed by atoms with Gasteiger partial charge in [-0.2, -0.15) is 0 Å². The maximum Gasteiger partial charge on any atom is 0.330 e. The molecule has 11 heteroatoms. The Labute approximate surface area is 206 Å². The number of benzene rings is 2. The van der Waals surface area contributed by atoms with Crippen LogP contribution >= 0.6 is 0 Å². The molecular weight excluding hydrogens is 468 g/mol. The van der Waals surface area contributed by atoms with E-state index >= 15 is 0 Å². The van der Waals surface area contributed by atoms with Gasteiger partial charge in [-0.25, -0.2) is 9.78 Å². The molecule has 3 amide bonds. The number of hydrogen-bond acceptors (Lipinski definition) is 8. The van der Waals surface area contributed by atoms with Crippen molar-refractivity contribution >= 4 is 23.7 Å². The molecule has 0 saturated heterocycles. The van der Waals surface area contributed by atoms with Gasteiger partial charge in [0.1, 0.15) is 12.3 Å². The van der Waals surface area contributed by atoms with Crippen LogP contribution in [0.2, 0.25) is 0 Å². The molecule has 0 bridgehead atoms. The number of carbonyl (C=O) groups excluding carboxylic acids is 4. The summed E-state index contributed by atoms with van der Waals surface area (Å²) < 4.78 is 9.89. The minimum absolute atomic E-state index is 0.0127. The molecule has 0 radical (unpaired) electrons. The Balaban J connectivity index is 1.67. The topological polar surface area (TPSA) is 160 Å². The van der Waals surface area contributed by atoms with Crippen LogP contribution in [0.5, 0.6) is 0 Å². The van der Waals surface area contributed by atoms with Crippen LogP contribution in [0.15, 0.2) is 71.3 Å². The van der Waals surface area contributed by atoms with Crippen LogP contribution in [0.3, 0.4) is 0 Å². The van der Waals surface area contributed by atoms with Crippen molar-refractivity contribution in [3.63, 3.8) is 0 Å². The van der Waals surface area contributed by atoms with Gasteiger partial charge in [0.2, 0.25) is 17.7 Å². The normalized spacial score (nSPS) is 12.2. The smallest absolute Gasteiger partial charge is 0.330 e. The largest absolute Gasteiger partial charge is 0.467 e. The van der Waals surface area contributed by atoms with Crippen LogP contribution in [0.25, 0.3) is 11.5 Å². The molecule has 4 N–H and O–H groups in total. The number of amides is 3. The summed E-state index contributed by atoms with van der Waals surface area (Å²) in [6, 6.07) is 15.7. The first-order valence-corrected chi connectivity index (χ1v) is 11.0. The van der Waals surface area contributed by atoms with Crippen molar-refractivity contribution in [3.8, 4) is 11.5 Å². The molecule has 0 aliphatic rings. The lowest BCUT2D eigenvalue weighted by Gasteiger charge is -2.19. The molecule has 0 saturated carbocycles. The van der Waals surface area contributed by atoms with Crippen LogP contribution in [0, 0.1) is 0 Å². The van der Waals surface area contributed by atoms with Crippen LogP contribution in [-0.4, -0.2) is 66.1 Å². The number of hydrogen-bond donors (Lipinski definition) is 4. The SMILES string of the molecule is COC(=O)[C@H](CO)NC(=O)CNC(=O)[C@H](Cc1ccccc1)NC(=O)c1coc(-c2ccccc2)n1. The average molecular weight is 495 g/mol. The fourth-order valence-electron chi connectivity index (χ4n) is 3.24. The number of nitrogens with one attached hydrogen (secondary N) is 3. The highest BCUT2D eigenvalue weighted by atomic mass is 16.5. The summed E-state index contributed by atoms with van der Waals surface area (Å²) in [6.07, 6.45) is 1.34. The second-order valence-corrected chi connectivity index (χ2v) is 7.66. The molecular formula is C25H26N4O7. The standard InChI is InChI=1S/C25H26N4O7/c1-35-25(34)19(14-30)27-21(31)13-26-22(32)18(12-16-8-4-2-5-9-16)28-23(33)20-15-36-24(29-20)17-10-6-3-7-11-17/h2-11,15,18-19,30H,12-14H2,1H3,(H,26,32)(H,27,31)(H,28,33)/t18-,19-/m0/s1. The van der Waals surface area contributed by atoms with Crippen molar-refractivity contribution in [2.75, 3.05) is 20.3 Å². The molecule has 0 unspecified atom stereocenters. The fraction of sp³-hybridized carbons (Fsp3) is 0.240. The highest BCUT2D eigenvalue weighted by Gasteiger charge is 2.25. The van der Waals surface area contributed by atoms with E-state index in [0.717, 1.165) is 12.7 Å². The molecule has 0 fully saturated rings. The van der Waals surface area contributed by atoms with E-state index in [1.54, 1.807) is 36.4 Å². The first kappa shape index (κ1) is 26.1. The molecule has 3 rings (SSSR count). The maximum atomic E-state index is 12.9. The van der Waals surface area contributed by atoms with E-state index in [9.17, 15) is 24.3 Å². The van der Waals surface area contributed by atoms with Gasteiger partial charge in [0.05, 0.1) is 20.3 Å². The summed E-state index contributed by atoms with van der Waals surface area (Å²) in [5, 5.41) is 16.5. The van der Waals surface area contributed by atoms with E-state index in [-0.39, 0.29) is 18.0 Å². The van der Waals surface area contributed by atoms with Crippen molar-refractivity contribution in [2.45, 2.75) is 18.5 Å². The number of rotatable bonds is 11. The number of carbonyl (C=O) groups is 4. The molecule has 0 aliphatic carbocycles. The average Bonchev–Trinajstić information content (AvgIpc) is 3.41. The molecule has 1 aromatic heterocycles. The molecule has 11 nitrogen and oxygen atoms in total. The number of esters is 1. The first-order chi connectivity index (χ1) is 17.4. The maximum absolute atomic E-state index is 12.9. The summed E-state index contributed by atoms with van der Waals surface area (Å²) >= 11 is 0. The van der Waals surface area contributed by atoms with E-state index in [1.165, 1.54) is 6.26 Å². The second kappa shape index (κ2) is 12.8. The zero-order valence-electron chi connectivity index (χ0n) is 19.5. The first-order valence-electron chi connectivity index (χ1n) is 11.0. The highest BCUT2D eigenvalue weighted by molar-refractivity contribution is 5.97. The van der Waals surface area contributed by atoms with E-state index in [1.807, 2.05) is 24.3 Å². The third kappa shape index (κ3) is 7.24. The van der Waals surface area contributed by atoms with Crippen molar-refractivity contribution in [3.05, 3.63) is 78.2 Å². The molecule has 188 valence electrons. The number of aliphatic hydroxyl groups excluding tert-OH is 1. The van der Waals surface area contributed by atoms with Gasteiger partial charge in [-0.1, -0.05) is 48.5 Å². The lowest BCUT2D eigenvalue weighted by Crippen LogP contribution is -2.52. The summed E-state index contributed by atoms with van der Waals surface area (Å²) in [7, 11) is 1.12. The van der Waals surface area contributed by atoms with Gasteiger partial charge in [0, 0.05) is 12.0 Å². The minimum Gasteiger partial charge on any atom is -0.467 e. The van der Waals surface area contributed by atoms with Crippen molar-refractivity contribution in [1.82, 2.24) is 20.9 Å². The van der Waals surface area contributed by atoms with Crippen LogP contribution in [-0.2, 0) is 25.5 Å². The lowest BCUT2D eigenvalue weighted by atomic mass is 10.0. The quantitative estimate of drug-likeness (QED) is 0.280. The Morgan fingerprint density at radius 3 is 2.28 bits per heavy atom. The van der Waals surface area contributed by atoms with Gasteiger partial charge in [-0.05, 0) is 17.7 Å². The van der Waals surface area contributed by atoms with Gasteiger partial charge >= 0.3 is 5.97 Å². The third-order valence-corrected chi connectivity index (χ3v) is 5.09. The van der Waals surface area contributed by atoms with Gasteiger partial charge in [0.25, 0.3) is 5.91 Å². The number of ether oxygens (including phenoxy) is 1. The van der Waals surface area contributed by atoms with Gasteiger partial charge in [-0.15, -0.1) is 0 Å². The number of aliphatic hydroxyl groups is 1. The van der Waals surface area contributed by atoms with E-state index in [4.69, 9.17) is 4.42 Å². The zero-order valence-corrected chi connectivity index (χ0v) is 19.5. The predicted molar refractivity (Wildman–Crippen MR) is 127 cm³/mol. The summed E-state index contributed by atoms with van der Waals surface area (Å²) in [4.78, 5) is 53.6. The third-order valence-electron chi connectivity index (χ3n) is 5.09. The molecule has 36 heavy (non-hydrogen) atoms. The Morgan fingerprint density at radius 2 is 1.64 bits per heavy atom. The predicted octanol–water partition coefficient (Wildman–Crippen LogP) is 0.449. The number of nitrogens with zero attached hydrogens (tertiary/aromatic N) is 1. The minimum atomic E-state index is -1.26. The monoisotopic (exact) mass is 494 g/mol. The zero-order chi connectivity index (χ0) is 25.9. The van der Waals surface area contributed by atoms with Crippen LogP contribution < -0.4 is 16.0 Å². The fourth-order valence-corrected chi connectivity index (χ4v) is 3.24. The number of methoxy groups -OCH3 is 1. The Morgan fingerprint density at radius 1 is 0.972 bits per heavy atom. The Bertz CT molecular complexity index is 1180. The molecule has 1 heterocycles. The molecule has 0 aliphatic heterocycles. The number of oxazole rings is 1. The summed E-state index contributed by atoms with van der Waals surface area (Å²) in [6.45, 7) is -1.16. The van der Waals surface area contributed by atoms with Crippen LogP contribution in [0.1, 0.15) is 16.1 Å². The Hall–Kier alpha value is -4.51. The molecule has 2 atom stereocenters. The highest BCUT2D eigenvalue weighted by Crippen LogP contribution is 2.18. The number of aromatic nitrogens is 1. The van der Waals surface area contributed by atoms with Crippen molar-refractivity contribution < 1.29 is 33.4 Å². The van der Waals surface area contributed by atoms with E-state index in [2.05, 4.69) is 25.7 Å². The van der Waals surface area contributed by atoms with Gasteiger partial charge < -0.3 is 30.2 Å². The second-order valence-electron chi connectivity index (χ2n) is 7.66. The lowest BCUT2D eigenvalue weighted by molar-refractivity contribution is -0.146. The summed E-state index contributed by atoms with van der Waals surface area (Å²) in [5.41, 5.74) is 1.45. The molecule has 2 aromatic carbocycles. The Kier molecular flexibility index (Phi) is 9.29. The van der Waals surface area contributed by atoms with Gasteiger partial charge in [-0.3, -0.25) is 14.4 Å². The van der Waals surface area contributed by atoms with Crippen LogP contribution in [0.4, 0.5) is 0 Å². The molecule has 0 spiro atoms.